The van der Waals surface area contributed by atoms with Crippen LogP contribution in [0.3, 0.4) is 0 Å². The maximum Gasteiger partial charge on any atom is 0.129 e. The van der Waals surface area contributed by atoms with Crippen LogP contribution in [0.4, 0.5) is 4.39 Å². The Kier molecular flexibility index (Phi) is 4.41. The lowest BCUT2D eigenvalue weighted by molar-refractivity contribution is 0.459. The zero-order chi connectivity index (χ0) is 14.8. The van der Waals surface area contributed by atoms with Gasteiger partial charge in [0.1, 0.15) is 5.82 Å². The molecule has 0 aliphatic heterocycles. The molecule has 1 N–H and O–H groups in total. The molecular formula is C18H19BrFN. The van der Waals surface area contributed by atoms with Crippen molar-refractivity contribution < 1.29 is 4.39 Å². The molecule has 0 aromatic heterocycles. The summed E-state index contributed by atoms with van der Waals surface area (Å²) in [5, 5.41) is 3.47. The van der Waals surface area contributed by atoms with Gasteiger partial charge in [-0.1, -0.05) is 59.3 Å². The molecule has 3 rings (SSSR count). The van der Waals surface area contributed by atoms with Crippen LogP contribution in [0, 0.1) is 11.7 Å². The van der Waals surface area contributed by atoms with Crippen molar-refractivity contribution in [3.63, 3.8) is 0 Å². The summed E-state index contributed by atoms with van der Waals surface area (Å²) in [5.74, 6) is 0.858. The van der Waals surface area contributed by atoms with Crippen LogP contribution in [0.2, 0.25) is 0 Å². The number of hydrogen-bond donors (Lipinski definition) is 1. The Balaban J connectivity index is 1.87. The van der Waals surface area contributed by atoms with Crippen LogP contribution in [0.15, 0.2) is 53.0 Å². The molecule has 0 spiro atoms. The molecule has 3 unspecified atom stereocenters. The lowest BCUT2D eigenvalue weighted by Crippen LogP contribution is -2.24. The number of hydrogen-bond acceptors (Lipinski definition) is 1. The van der Waals surface area contributed by atoms with Gasteiger partial charge in [0, 0.05) is 16.1 Å². The van der Waals surface area contributed by atoms with E-state index in [-0.39, 0.29) is 11.9 Å². The molecule has 0 radical (unpaired) electrons. The summed E-state index contributed by atoms with van der Waals surface area (Å²) in [7, 11) is 0. The molecule has 3 atom stereocenters. The van der Waals surface area contributed by atoms with Gasteiger partial charge in [-0.25, -0.2) is 4.39 Å². The molecule has 110 valence electrons. The average Bonchev–Trinajstić information content (AvgIpc) is 3.27. The molecule has 0 heterocycles. The fraction of sp³-hybridized carbons (Fsp3) is 0.333. The van der Waals surface area contributed by atoms with Crippen LogP contribution in [0.5, 0.6) is 0 Å². The standard InChI is InChI=1S/C18H19BrFN/c1-2-21-18(17-15(19)9-6-10-16(17)20)14-11-13(14)12-7-4-3-5-8-12/h3-10,13-14,18,21H,2,11H2,1H3. The van der Waals surface area contributed by atoms with Crippen molar-refractivity contribution in [1.29, 1.82) is 0 Å². The third-order valence-corrected chi connectivity index (χ3v) is 4.92. The summed E-state index contributed by atoms with van der Waals surface area (Å²) in [5.41, 5.74) is 2.13. The highest BCUT2D eigenvalue weighted by Crippen LogP contribution is 2.55. The molecule has 21 heavy (non-hydrogen) atoms. The van der Waals surface area contributed by atoms with Gasteiger partial charge in [0.25, 0.3) is 0 Å². The molecule has 3 heteroatoms. The maximum absolute atomic E-state index is 14.3. The van der Waals surface area contributed by atoms with E-state index in [9.17, 15) is 4.39 Å². The predicted octanol–water partition coefficient (Wildman–Crippen LogP) is 5.04. The van der Waals surface area contributed by atoms with Crippen LogP contribution in [-0.4, -0.2) is 6.54 Å². The van der Waals surface area contributed by atoms with E-state index >= 15 is 0 Å². The Hall–Kier alpha value is -1.19. The Morgan fingerprint density at radius 2 is 1.95 bits per heavy atom. The normalized spacial score (nSPS) is 22.0. The molecule has 0 saturated heterocycles. The second-order valence-corrected chi connectivity index (χ2v) is 6.44. The maximum atomic E-state index is 14.3. The topological polar surface area (TPSA) is 12.0 Å². The number of halogens is 2. The zero-order valence-electron chi connectivity index (χ0n) is 12.0. The summed E-state index contributed by atoms with van der Waals surface area (Å²) < 4.78 is 15.1. The van der Waals surface area contributed by atoms with E-state index in [4.69, 9.17) is 0 Å². The average molecular weight is 348 g/mol. The van der Waals surface area contributed by atoms with Crippen LogP contribution in [0.1, 0.15) is 36.4 Å². The Labute approximate surface area is 133 Å². The first-order valence-electron chi connectivity index (χ1n) is 7.44. The van der Waals surface area contributed by atoms with Crippen LogP contribution in [0.25, 0.3) is 0 Å². The van der Waals surface area contributed by atoms with Crippen molar-refractivity contribution in [1.82, 2.24) is 5.32 Å². The first-order chi connectivity index (χ1) is 10.2. The van der Waals surface area contributed by atoms with Gasteiger partial charge in [0.2, 0.25) is 0 Å². The fourth-order valence-corrected chi connectivity index (χ4v) is 3.75. The minimum atomic E-state index is -0.131. The zero-order valence-corrected chi connectivity index (χ0v) is 13.6. The van der Waals surface area contributed by atoms with Crippen molar-refractivity contribution in [3.05, 3.63) is 69.9 Å². The lowest BCUT2D eigenvalue weighted by atomic mass is 9.98. The van der Waals surface area contributed by atoms with Gasteiger partial charge in [-0.3, -0.25) is 0 Å². The number of rotatable bonds is 5. The van der Waals surface area contributed by atoms with E-state index in [1.54, 1.807) is 12.1 Å². The Morgan fingerprint density at radius 1 is 1.19 bits per heavy atom. The van der Waals surface area contributed by atoms with Gasteiger partial charge in [0.05, 0.1) is 0 Å². The minimum absolute atomic E-state index is 0.0655. The van der Waals surface area contributed by atoms with Crippen LogP contribution in [-0.2, 0) is 0 Å². The van der Waals surface area contributed by atoms with Crippen LogP contribution >= 0.6 is 15.9 Å². The number of benzene rings is 2. The first kappa shape index (κ1) is 14.7. The summed E-state index contributed by atoms with van der Waals surface area (Å²) in [6, 6.07) is 15.8. The van der Waals surface area contributed by atoms with Gasteiger partial charge in [-0.2, -0.15) is 0 Å². The first-order valence-corrected chi connectivity index (χ1v) is 8.24. The van der Waals surface area contributed by atoms with Crippen LogP contribution < -0.4 is 5.32 Å². The van der Waals surface area contributed by atoms with Gasteiger partial charge >= 0.3 is 0 Å². The summed E-state index contributed by atoms with van der Waals surface area (Å²) in [6.45, 7) is 2.91. The van der Waals surface area contributed by atoms with Gasteiger partial charge < -0.3 is 5.32 Å². The van der Waals surface area contributed by atoms with Crippen molar-refractivity contribution in [2.75, 3.05) is 6.54 Å². The van der Waals surface area contributed by atoms with E-state index in [1.165, 1.54) is 5.56 Å². The van der Waals surface area contributed by atoms with Crippen molar-refractivity contribution in [3.8, 4) is 0 Å². The molecule has 1 saturated carbocycles. The second-order valence-electron chi connectivity index (χ2n) is 5.59. The lowest BCUT2D eigenvalue weighted by Gasteiger charge is -2.21. The predicted molar refractivity (Wildman–Crippen MR) is 87.8 cm³/mol. The van der Waals surface area contributed by atoms with E-state index in [0.717, 1.165) is 23.0 Å². The number of nitrogens with one attached hydrogen (secondary N) is 1. The monoisotopic (exact) mass is 347 g/mol. The highest BCUT2D eigenvalue weighted by Gasteiger charge is 2.45. The molecule has 1 aliphatic carbocycles. The second kappa shape index (κ2) is 6.29. The molecule has 1 nitrogen and oxygen atoms in total. The quantitative estimate of drug-likeness (QED) is 0.798. The summed E-state index contributed by atoms with van der Waals surface area (Å²) in [4.78, 5) is 0. The molecule has 2 aromatic carbocycles. The molecule has 1 fully saturated rings. The van der Waals surface area contributed by atoms with E-state index in [0.29, 0.717) is 11.8 Å². The fourth-order valence-electron chi connectivity index (χ4n) is 3.16. The SMILES string of the molecule is CCNC(c1c(F)cccc1Br)C1CC1c1ccccc1. The smallest absolute Gasteiger partial charge is 0.129 e. The van der Waals surface area contributed by atoms with Crippen molar-refractivity contribution in [2.24, 2.45) is 5.92 Å². The van der Waals surface area contributed by atoms with E-state index in [1.807, 2.05) is 12.1 Å². The molecular weight excluding hydrogens is 329 g/mol. The molecule has 1 aliphatic rings. The van der Waals surface area contributed by atoms with E-state index in [2.05, 4.69) is 52.4 Å². The highest BCUT2D eigenvalue weighted by molar-refractivity contribution is 9.10. The van der Waals surface area contributed by atoms with Crippen molar-refractivity contribution in [2.45, 2.75) is 25.3 Å². The Bertz CT molecular complexity index is 594. The Morgan fingerprint density at radius 3 is 2.62 bits per heavy atom. The summed E-state index contributed by atoms with van der Waals surface area (Å²) in [6.07, 6.45) is 1.11. The third-order valence-electron chi connectivity index (χ3n) is 4.23. The van der Waals surface area contributed by atoms with Gasteiger partial charge in [-0.05, 0) is 42.5 Å². The highest BCUT2D eigenvalue weighted by atomic mass is 79.9. The van der Waals surface area contributed by atoms with Crippen molar-refractivity contribution >= 4 is 15.9 Å². The van der Waals surface area contributed by atoms with Gasteiger partial charge in [-0.15, -0.1) is 0 Å². The minimum Gasteiger partial charge on any atom is -0.310 e. The molecule has 0 amide bonds. The third kappa shape index (κ3) is 3.04. The molecule has 0 bridgehead atoms. The summed E-state index contributed by atoms with van der Waals surface area (Å²) >= 11 is 3.51. The van der Waals surface area contributed by atoms with E-state index < -0.39 is 0 Å². The largest absolute Gasteiger partial charge is 0.310 e. The molecule has 2 aromatic rings. The van der Waals surface area contributed by atoms with Gasteiger partial charge in [0.15, 0.2) is 0 Å².